The lowest BCUT2D eigenvalue weighted by Gasteiger charge is -2.21. The number of rotatable bonds is 4. The zero-order valence-corrected chi connectivity index (χ0v) is 9.87. The van der Waals surface area contributed by atoms with Gasteiger partial charge in [0.2, 0.25) is 5.91 Å². The van der Waals surface area contributed by atoms with Crippen molar-refractivity contribution in [3.05, 3.63) is 29.8 Å². The Morgan fingerprint density at radius 3 is 2.75 bits per heavy atom. The summed E-state index contributed by atoms with van der Waals surface area (Å²) in [5.74, 6) is -0.358. The molecule has 84 valence electrons. The van der Waals surface area contributed by atoms with Crippen LogP contribution in [0.25, 0.3) is 0 Å². The topological polar surface area (TPSA) is 44.1 Å². The number of nitrogens with zero attached hydrogens (tertiary/aromatic N) is 2. The molecular formula is C12H13ClN2O. The first kappa shape index (κ1) is 12.5. The van der Waals surface area contributed by atoms with Gasteiger partial charge in [-0.1, -0.05) is 25.1 Å². The highest BCUT2D eigenvalue weighted by Crippen LogP contribution is 2.21. The fraction of sp³-hybridized carbons (Fsp3) is 0.333. The summed E-state index contributed by atoms with van der Waals surface area (Å²) < 4.78 is 0. The SMILES string of the molecule is CCc1ccccc1N(CC#N)C(=O)CCl. The Morgan fingerprint density at radius 1 is 1.50 bits per heavy atom. The predicted octanol–water partition coefficient (Wildman–Crippen LogP) is 2.34. The van der Waals surface area contributed by atoms with Gasteiger partial charge in [0, 0.05) is 5.69 Å². The van der Waals surface area contributed by atoms with Gasteiger partial charge in [-0.15, -0.1) is 11.6 Å². The summed E-state index contributed by atoms with van der Waals surface area (Å²) in [6.45, 7) is 2.04. The number of anilines is 1. The van der Waals surface area contributed by atoms with E-state index in [0.29, 0.717) is 0 Å². The van der Waals surface area contributed by atoms with Crippen LogP contribution in [0.15, 0.2) is 24.3 Å². The largest absolute Gasteiger partial charge is 0.297 e. The van der Waals surface area contributed by atoms with Gasteiger partial charge in [0.05, 0.1) is 6.07 Å². The van der Waals surface area contributed by atoms with E-state index in [2.05, 4.69) is 0 Å². The van der Waals surface area contributed by atoms with Crippen LogP contribution in [0.3, 0.4) is 0 Å². The van der Waals surface area contributed by atoms with Crippen molar-refractivity contribution in [2.24, 2.45) is 0 Å². The summed E-state index contributed by atoms with van der Waals surface area (Å²) >= 11 is 5.53. The van der Waals surface area contributed by atoms with E-state index in [1.165, 1.54) is 4.90 Å². The van der Waals surface area contributed by atoms with Crippen LogP contribution in [0.2, 0.25) is 0 Å². The molecule has 0 heterocycles. The molecule has 1 amide bonds. The van der Waals surface area contributed by atoms with Crippen molar-refractivity contribution in [3.8, 4) is 6.07 Å². The lowest BCUT2D eigenvalue weighted by Crippen LogP contribution is -2.33. The summed E-state index contributed by atoms with van der Waals surface area (Å²) in [5, 5.41) is 8.72. The van der Waals surface area contributed by atoms with E-state index >= 15 is 0 Å². The summed E-state index contributed by atoms with van der Waals surface area (Å²) in [5.41, 5.74) is 1.81. The molecule has 0 bridgehead atoms. The van der Waals surface area contributed by atoms with Crippen molar-refractivity contribution in [1.29, 1.82) is 5.26 Å². The first-order valence-corrected chi connectivity index (χ1v) is 5.59. The molecule has 16 heavy (non-hydrogen) atoms. The second-order valence-corrected chi connectivity index (χ2v) is 3.52. The number of benzene rings is 1. The smallest absolute Gasteiger partial charge is 0.242 e. The van der Waals surface area contributed by atoms with E-state index in [0.717, 1.165) is 17.7 Å². The Hall–Kier alpha value is -1.53. The maximum absolute atomic E-state index is 11.6. The quantitative estimate of drug-likeness (QED) is 0.595. The average Bonchev–Trinajstić information content (AvgIpc) is 2.35. The van der Waals surface area contributed by atoms with Crippen LogP contribution in [0, 0.1) is 11.3 Å². The normalized spacial score (nSPS) is 9.56. The van der Waals surface area contributed by atoms with Gasteiger partial charge in [-0.05, 0) is 18.1 Å². The fourth-order valence-corrected chi connectivity index (χ4v) is 1.67. The van der Waals surface area contributed by atoms with Crippen molar-refractivity contribution in [3.63, 3.8) is 0 Å². The van der Waals surface area contributed by atoms with Gasteiger partial charge in [-0.25, -0.2) is 0 Å². The van der Waals surface area contributed by atoms with Crippen LogP contribution in [-0.2, 0) is 11.2 Å². The number of carbonyl (C=O) groups excluding carboxylic acids is 1. The molecule has 1 rings (SSSR count). The van der Waals surface area contributed by atoms with Crippen molar-refractivity contribution in [1.82, 2.24) is 0 Å². The molecule has 0 unspecified atom stereocenters. The van der Waals surface area contributed by atoms with Crippen molar-refractivity contribution >= 4 is 23.2 Å². The summed E-state index contributed by atoms with van der Waals surface area (Å²) in [6, 6.07) is 9.52. The molecule has 4 heteroatoms. The molecule has 0 atom stereocenters. The van der Waals surface area contributed by atoms with Gasteiger partial charge in [0.25, 0.3) is 0 Å². The summed E-state index contributed by atoms with van der Waals surface area (Å²) in [7, 11) is 0. The van der Waals surface area contributed by atoms with E-state index in [9.17, 15) is 4.79 Å². The lowest BCUT2D eigenvalue weighted by atomic mass is 10.1. The molecule has 0 N–H and O–H groups in total. The third-order valence-electron chi connectivity index (χ3n) is 2.31. The van der Waals surface area contributed by atoms with Gasteiger partial charge in [-0.2, -0.15) is 5.26 Å². The number of nitriles is 1. The Balaban J connectivity index is 3.10. The maximum Gasteiger partial charge on any atom is 0.242 e. The van der Waals surface area contributed by atoms with E-state index in [-0.39, 0.29) is 18.3 Å². The first-order valence-electron chi connectivity index (χ1n) is 5.05. The Morgan fingerprint density at radius 2 is 2.19 bits per heavy atom. The van der Waals surface area contributed by atoms with Crippen LogP contribution < -0.4 is 4.90 Å². The van der Waals surface area contributed by atoms with Gasteiger partial charge in [-0.3, -0.25) is 9.69 Å². The maximum atomic E-state index is 11.6. The number of aryl methyl sites for hydroxylation is 1. The standard InChI is InChI=1S/C12H13ClN2O/c1-2-10-5-3-4-6-11(10)15(8-7-14)12(16)9-13/h3-6H,2,8-9H2,1H3. The minimum absolute atomic E-state index is 0.0303. The highest BCUT2D eigenvalue weighted by molar-refractivity contribution is 6.29. The Labute approximate surface area is 100 Å². The molecule has 1 aromatic rings. The second kappa shape index (κ2) is 6.14. The third kappa shape index (κ3) is 2.74. The number of carbonyl (C=O) groups is 1. The predicted molar refractivity (Wildman–Crippen MR) is 64.5 cm³/mol. The summed E-state index contributed by atoms with van der Waals surface area (Å²) in [4.78, 5) is 13.0. The zero-order valence-electron chi connectivity index (χ0n) is 9.11. The molecule has 3 nitrogen and oxygen atoms in total. The number of halogens is 1. The van der Waals surface area contributed by atoms with Crippen LogP contribution >= 0.6 is 11.6 Å². The van der Waals surface area contributed by atoms with Crippen molar-refractivity contribution in [2.75, 3.05) is 17.3 Å². The number of hydrogen-bond acceptors (Lipinski definition) is 2. The molecule has 0 aliphatic carbocycles. The minimum Gasteiger partial charge on any atom is -0.297 e. The molecule has 0 aliphatic rings. The molecule has 0 radical (unpaired) electrons. The van der Waals surface area contributed by atoms with Crippen molar-refractivity contribution in [2.45, 2.75) is 13.3 Å². The number of hydrogen-bond donors (Lipinski definition) is 0. The number of para-hydroxylation sites is 1. The van der Waals surface area contributed by atoms with E-state index in [1.54, 1.807) is 0 Å². The van der Waals surface area contributed by atoms with Gasteiger partial charge in [0.15, 0.2) is 0 Å². The van der Waals surface area contributed by atoms with Crippen LogP contribution in [0.4, 0.5) is 5.69 Å². The van der Waals surface area contributed by atoms with Gasteiger partial charge < -0.3 is 0 Å². The molecule has 0 saturated heterocycles. The number of amides is 1. The van der Waals surface area contributed by atoms with E-state index < -0.39 is 0 Å². The Kier molecular flexibility index (Phi) is 4.81. The molecule has 1 aromatic carbocycles. The molecule has 0 saturated carbocycles. The second-order valence-electron chi connectivity index (χ2n) is 3.25. The van der Waals surface area contributed by atoms with Crippen LogP contribution in [0.1, 0.15) is 12.5 Å². The molecule has 0 fully saturated rings. The number of alkyl halides is 1. The summed E-state index contributed by atoms with van der Waals surface area (Å²) in [6.07, 6.45) is 0.813. The van der Waals surface area contributed by atoms with E-state index in [4.69, 9.17) is 16.9 Å². The minimum atomic E-state index is -0.246. The zero-order chi connectivity index (χ0) is 12.0. The van der Waals surface area contributed by atoms with Crippen LogP contribution in [-0.4, -0.2) is 18.3 Å². The Bertz CT molecular complexity index is 412. The molecule has 0 spiro atoms. The first-order chi connectivity index (χ1) is 7.74. The molecular weight excluding hydrogens is 224 g/mol. The monoisotopic (exact) mass is 236 g/mol. The average molecular weight is 237 g/mol. The van der Waals surface area contributed by atoms with Crippen LogP contribution in [0.5, 0.6) is 0 Å². The molecule has 0 aliphatic heterocycles. The highest BCUT2D eigenvalue weighted by Gasteiger charge is 2.16. The van der Waals surface area contributed by atoms with E-state index in [1.807, 2.05) is 37.3 Å². The van der Waals surface area contributed by atoms with Gasteiger partial charge in [0.1, 0.15) is 12.4 Å². The lowest BCUT2D eigenvalue weighted by molar-refractivity contribution is -0.116. The fourth-order valence-electron chi connectivity index (χ4n) is 1.52. The van der Waals surface area contributed by atoms with Crippen molar-refractivity contribution < 1.29 is 4.79 Å². The molecule has 0 aromatic heterocycles. The third-order valence-corrected chi connectivity index (χ3v) is 2.54. The highest BCUT2D eigenvalue weighted by atomic mass is 35.5. The van der Waals surface area contributed by atoms with Gasteiger partial charge >= 0.3 is 0 Å².